The summed E-state index contributed by atoms with van der Waals surface area (Å²) in [6, 6.07) is 34.2. The smallest absolute Gasteiger partial charge is 0.255 e. The van der Waals surface area contributed by atoms with Gasteiger partial charge in [-0.25, -0.2) is 0 Å². The van der Waals surface area contributed by atoms with Crippen LogP contribution in [-0.2, 0) is 11.3 Å². The molecule has 0 saturated carbocycles. The molecule has 0 bridgehead atoms. The van der Waals surface area contributed by atoms with E-state index in [4.69, 9.17) is 16.3 Å². The summed E-state index contributed by atoms with van der Waals surface area (Å²) in [7, 11) is 1.67. The third kappa shape index (κ3) is 4.61. The zero-order valence-corrected chi connectivity index (χ0v) is 21.9. The van der Waals surface area contributed by atoms with Gasteiger partial charge in [0.1, 0.15) is 12.4 Å². The largest absolute Gasteiger partial charge is 0.497 e. The van der Waals surface area contributed by atoms with E-state index in [1.807, 2.05) is 71.6 Å². The highest BCUT2D eigenvalue weighted by Gasteiger charge is 2.36. The number of benzene rings is 4. The summed E-state index contributed by atoms with van der Waals surface area (Å²) in [5.41, 5.74) is 6.84. The molecule has 1 amide bonds. The van der Waals surface area contributed by atoms with Gasteiger partial charge in [-0.05, 0) is 54.0 Å². The maximum atomic E-state index is 14.1. The Balaban J connectivity index is 1.40. The van der Waals surface area contributed by atoms with Gasteiger partial charge in [-0.15, -0.1) is 0 Å². The number of halogens is 1. The first-order valence-corrected chi connectivity index (χ1v) is 13.1. The van der Waals surface area contributed by atoms with Crippen LogP contribution in [0.5, 0.6) is 5.75 Å². The normalized spacial score (nSPS) is 15.2. The Hall–Kier alpha value is -4.22. The van der Waals surface area contributed by atoms with Crippen molar-refractivity contribution >= 4 is 40.0 Å². The molecule has 5 nitrogen and oxygen atoms in total. The summed E-state index contributed by atoms with van der Waals surface area (Å²) in [6.07, 6.45) is 0.743. The van der Waals surface area contributed by atoms with E-state index in [9.17, 15) is 4.79 Å². The number of carbonyl (C=O) groups excluding carboxylic acids is 1. The van der Waals surface area contributed by atoms with Gasteiger partial charge in [0.2, 0.25) is 0 Å². The fourth-order valence-electron chi connectivity index (χ4n) is 5.16. The number of rotatable bonds is 7. The fourth-order valence-corrected chi connectivity index (χ4v) is 5.39. The third-order valence-electron chi connectivity index (χ3n) is 7.15. The Kier molecular flexibility index (Phi) is 6.52. The van der Waals surface area contributed by atoms with Crippen LogP contribution in [0.25, 0.3) is 11.1 Å². The van der Waals surface area contributed by atoms with Gasteiger partial charge in [-0.3, -0.25) is 14.8 Å². The van der Waals surface area contributed by atoms with Crippen molar-refractivity contribution in [1.82, 2.24) is 4.90 Å². The Morgan fingerprint density at radius 3 is 2.21 bits per heavy atom. The van der Waals surface area contributed by atoms with Crippen molar-refractivity contribution < 1.29 is 9.53 Å². The van der Waals surface area contributed by atoms with Crippen molar-refractivity contribution in [2.45, 2.75) is 13.0 Å². The molecule has 2 aliphatic rings. The molecule has 4 aromatic carbocycles. The molecule has 0 N–H and O–H groups in total. The van der Waals surface area contributed by atoms with E-state index >= 15 is 0 Å². The second kappa shape index (κ2) is 10.3. The number of anilines is 2. The first kappa shape index (κ1) is 24.1. The molecule has 6 rings (SSSR count). The van der Waals surface area contributed by atoms with E-state index in [0.717, 1.165) is 52.5 Å². The molecule has 0 atom stereocenters. The SMILES string of the molecule is COc1ccc(N2CN2c2ccccc2C2=C(c3ccccc3Cl)C(=O)N(Cc3ccccc3)CC2)cc1. The lowest BCUT2D eigenvalue weighted by Gasteiger charge is -2.32. The Morgan fingerprint density at radius 1 is 0.789 bits per heavy atom. The quantitative estimate of drug-likeness (QED) is 0.248. The van der Waals surface area contributed by atoms with Crippen LogP contribution in [0.4, 0.5) is 11.4 Å². The lowest BCUT2D eigenvalue weighted by molar-refractivity contribution is -0.125. The molecule has 0 spiro atoms. The Bertz CT molecular complexity index is 1500. The summed E-state index contributed by atoms with van der Waals surface area (Å²) in [4.78, 5) is 16.0. The molecular weight excluding hydrogens is 494 g/mol. The first-order valence-electron chi connectivity index (χ1n) is 12.7. The average Bonchev–Trinajstić information content (AvgIpc) is 3.76. The molecule has 2 aliphatic heterocycles. The number of hydrazine groups is 1. The highest BCUT2D eigenvalue weighted by atomic mass is 35.5. The third-order valence-corrected chi connectivity index (χ3v) is 7.48. The van der Waals surface area contributed by atoms with Crippen LogP contribution in [0.1, 0.15) is 23.1 Å². The van der Waals surface area contributed by atoms with E-state index in [2.05, 4.69) is 46.4 Å². The summed E-state index contributed by atoms with van der Waals surface area (Å²) >= 11 is 6.69. The zero-order chi connectivity index (χ0) is 26.1. The summed E-state index contributed by atoms with van der Waals surface area (Å²) in [5, 5.41) is 5.02. The second-order valence-electron chi connectivity index (χ2n) is 9.45. The predicted molar refractivity (Wildman–Crippen MR) is 154 cm³/mol. The summed E-state index contributed by atoms with van der Waals surface area (Å²) < 4.78 is 5.31. The topological polar surface area (TPSA) is 35.6 Å². The molecule has 0 unspecified atom stereocenters. The number of carbonyl (C=O) groups is 1. The molecule has 4 aromatic rings. The van der Waals surface area contributed by atoms with Gasteiger partial charge in [-0.1, -0.05) is 78.3 Å². The fraction of sp³-hybridized carbons (Fsp3) is 0.156. The first-order chi connectivity index (χ1) is 18.6. The van der Waals surface area contributed by atoms with Crippen LogP contribution >= 0.6 is 11.6 Å². The number of hydrogen-bond acceptors (Lipinski definition) is 4. The van der Waals surface area contributed by atoms with E-state index in [1.165, 1.54) is 0 Å². The molecule has 0 aliphatic carbocycles. The lowest BCUT2D eigenvalue weighted by Crippen LogP contribution is -2.36. The van der Waals surface area contributed by atoms with Gasteiger partial charge in [0, 0.05) is 29.2 Å². The highest BCUT2D eigenvalue weighted by molar-refractivity contribution is 6.37. The van der Waals surface area contributed by atoms with Gasteiger partial charge in [0.05, 0.1) is 24.1 Å². The van der Waals surface area contributed by atoms with E-state index in [0.29, 0.717) is 23.7 Å². The zero-order valence-electron chi connectivity index (χ0n) is 21.2. The number of methoxy groups -OCH3 is 1. The van der Waals surface area contributed by atoms with Crippen LogP contribution in [0.2, 0.25) is 5.02 Å². The van der Waals surface area contributed by atoms with E-state index in [1.54, 1.807) is 7.11 Å². The van der Waals surface area contributed by atoms with Gasteiger partial charge >= 0.3 is 0 Å². The monoisotopic (exact) mass is 521 g/mol. The summed E-state index contributed by atoms with van der Waals surface area (Å²) in [5.74, 6) is 0.841. The van der Waals surface area contributed by atoms with Crippen LogP contribution in [0.3, 0.4) is 0 Å². The number of ether oxygens (including phenoxy) is 1. The minimum absolute atomic E-state index is 0.0100. The molecule has 6 heteroatoms. The summed E-state index contributed by atoms with van der Waals surface area (Å²) in [6.45, 7) is 1.99. The van der Waals surface area contributed by atoms with Gasteiger partial charge in [0.15, 0.2) is 0 Å². The van der Waals surface area contributed by atoms with Crippen molar-refractivity contribution in [3.63, 3.8) is 0 Å². The van der Waals surface area contributed by atoms with Crippen molar-refractivity contribution in [3.05, 3.63) is 125 Å². The molecule has 38 heavy (non-hydrogen) atoms. The minimum atomic E-state index is 0.0100. The number of para-hydroxylation sites is 1. The molecule has 2 heterocycles. The predicted octanol–water partition coefficient (Wildman–Crippen LogP) is 6.89. The van der Waals surface area contributed by atoms with E-state index in [-0.39, 0.29) is 5.91 Å². The Labute approximate surface area is 228 Å². The van der Waals surface area contributed by atoms with Crippen LogP contribution < -0.4 is 14.8 Å². The lowest BCUT2D eigenvalue weighted by atomic mass is 9.87. The highest BCUT2D eigenvalue weighted by Crippen LogP contribution is 2.43. The molecule has 0 radical (unpaired) electrons. The van der Waals surface area contributed by atoms with Crippen molar-refractivity contribution in [2.75, 3.05) is 30.3 Å². The Morgan fingerprint density at radius 2 is 1.47 bits per heavy atom. The molecule has 1 saturated heterocycles. The standard InChI is InChI=1S/C32H28ClN3O2/c1-38-25-17-15-24(16-18-25)35-22-36(35)30-14-8-6-11-26(30)27-19-20-34(21-23-9-3-2-4-10-23)32(37)31(27)28-12-5-7-13-29(28)33/h2-18H,19-22H2,1H3. The van der Waals surface area contributed by atoms with Crippen LogP contribution in [0.15, 0.2) is 103 Å². The minimum Gasteiger partial charge on any atom is -0.497 e. The van der Waals surface area contributed by atoms with Crippen LogP contribution in [-0.4, -0.2) is 31.1 Å². The van der Waals surface area contributed by atoms with Crippen molar-refractivity contribution in [1.29, 1.82) is 0 Å². The second-order valence-corrected chi connectivity index (χ2v) is 9.86. The number of amides is 1. The average molecular weight is 522 g/mol. The molecule has 1 fully saturated rings. The van der Waals surface area contributed by atoms with Gasteiger partial charge < -0.3 is 9.64 Å². The molecular formula is C32H28ClN3O2. The van der Waals surface area contributed by atoms with Gasteiger partial charge in [0.25, 0.3) is 5.91 Å². The van der Waals surface area contributed by atoms with Crippen molar-refractivity contribution in [2.24, 2.45) is 0 Å². The van der Waals surface area contributed by atoms with E-state index < -0.39 is 0 Å². The van der Waals surface area contributed by atoms with Crippen LogP contribution in [0, 0.1) is 0 Å². The maximum absolute atomic E-state index is 14.1. The number of nitrogens with zero attached hydrogens (tertiary/aromatic N) is 3. The maximum Gasteiger partial charge on any atom is 0.255 e. The molecule has 190 valence electrons. The van der Waals surface area contributed by atoms with Crippen molar-refractivity contribution in [3.8, 4) is 5.75 Å². The number of hydrogen-bond donors (Lipinski definition) is 0. The molecule has 0 aromatic heterocycles. The van der Waals surface area contributed by atoms with Gasteiger partial charge in [-0.2, -0.15) is 0 Å².